The number of benzene rings is 2. The summed E-state index contributed by atoms with van der Waals surface area (Å²) in [6.45, 7) is 5.03. The van der Waals surface area contributed by atoms with Crippen molar-refractivity contribution in [2.24, 2.45) is 5.73 Å². The summed E-state index contributed by atoms with van der Waals surface area (Å²) >= 11 is 0. The van der Waals surface area contributed by atoms with Crippen LogP contribution in [0.2, 0.25) is 0 Å². The molecule has 8 nitrogen and oxygen atoms in total. The molecule has 41 heavy (non-hydrogen) atoms. The van der Waals surface area contributed by atoms with E-state index >= 15 is 0 Å². The van der Waals surface area contributed by atoms with Crippen LogP contribution in [-0.2, 0) is 11.1 Å². The predicted molar refractivity (Wildman–Crippen MR) is 145 cm³/mol. The van der Waals surface area contributed by atoms with Gasteiger partial charge in [-0.05, 0) is 51.5 Å². The van der Waals surface area contributed by atoms with Crippen LogP contribution in [0.25, 0.3) is 11.3 Å². The van der Waals surface area contributed by atoms with E-state index in [1.807, 2.05) is 6.92 Å². The van der Waals surface area contributed by atoms with Gasteiger partial charge in [0.05, 0.1) is 24.4 Å². The number of nitrogens with zero attached hydrogens (tertiary/aromatic N) is 1. The van der Waals surface area contributed by atoms with Crippen molar-refractivity contribution in [1.29, 1.82) is 0 Å². The standard InChI is InChI=1S/C30H33F3N2O6/c1-17-5-7-19(8-6-17)26-27-21(28(3,34)16-41-27)14-25(35-26)29(38,30(31,32)33)12-11-22(37)20-9-10-23(24(13-20)39-4)40-15-18(2)36/h5-10,13-14,18,36,38H,11-12,15-16,34H2,1-4H3/t18-,28+,29+/m0/s1. The molecular formula is C30H33F3N2O6. The quantitative estimate of drug-likeness (QED) is 0.295. The third-order valence-corrected chi connectivity index (χ3v) is 7.00. The van der Waals surface area contributed by atoms with Gasteiger partial charge in [-0.25, -0.2) is 4.98 Å². The lowest BCUT2D eigenvalue weighted by atomic mass is 9.86. The molecule has 1 aliphatic heterocycles. The lowest BCUT2D eigenvalue weighted by Crippen LogP contribution is -2.44. The normalized spacial score (nSPS) is 18.7. The average Bonchev–Trinajstić information content (AvgIpc) is 3.23. The fourth-order valence-electron chi connectivity index (χ4n) is 4.55. The monoisotopic (exact) mass is 574 g/mol. The lowest BCUT2D eigenvalue weighted by Gasteiger charge is -2.31. The molecule has 220 valence electrons. The highest BCUT2D eigenvalue weighted by molar-refractivity contribution is 5.96. The molecule has 4 rings (SSSR count). The van der Waals surface area contributed by atoms with Crippen molar-refractivity contribution in [3.05, 3.63) is 70.9 Å². The van der Waals surface area contributed by atoms with Gasteiger partial charge in [-0.15, -0.1) is 0 Å². The van der Waals surface area contributed by atoms with Gasteiger partial charge in [0.2, 0.25) is 5.60 Å². The Morgan fingerprint density at radius 2 is 1.85 bits per heavy atom. The van der Waals surface area contributed by atoms with Crippen LogP contribution in [-0.4, -0.2) is 53.6 Å². The minimum atomic E-state index is -5.17. The third-order valence-electron chi connectivity index (χ3n) is 7.00. The van der Waals surface area contributed by atoms with Crippen LogP contribution in [0.3, 0.4) is 0 Å². The summed E-state index contributed by atoms with van der Waals surface area (Å²) < 4.78 is 60.2. The molecule has 0 saturated carbocycles. The van der Waals surface area contributed by atoms with Gasteiger partial charge in [0, 0.05) is 23.1 Å². The number of aromatic nitrogens is 1. The highest BCUT2D eigenvalue weighted by atomic mass is 19.4. The Kier molecular flexibility index (Phi) is 8.35. The molecule has 11 heteroatoms. The number of ketones is 1. The minimum Gasteiger partial charge on any atom is -0.493 e. The van der Waals surface area contributed by atoms with E-state index < -0.39 is 47.7 Å². The van der Waals surface area contributed by atoms with Crippen molar-refractivity contribution in [3.8, 4) is 28.5 Å². The number of pyridine rings is 1. The third kappa shape index (κ3) is 6.17. The van der Waals surface area contributed by atoms with E-state index in [9.17, 15) is 28.2 Å². The smallest absolute Gasteiger partial charge is 0.422 e. The first-order chi connectivity index (χ1) is 19.2. The number of hydrogen-bond donors (Lipinski definition) is 3. The van der Waals surface area contributed by atoms with Gasteiger partial charge in [0.1, 0.15) is 18.9 Å². The molecule has 0 unspecified atom stereocenters. The van der Waals surface area contributed by atoms with Crippen LogP contribution in [0, 0.1) is 6.92 Å². The number of hydrogen-bond acceptors (Lipinski definition) is 8. The maximum Gasteiger partial charge on any atom is 0.422 e. The predicted octanol–water partition coefficient (Wildman–Crippen LogP) is 4.80. The van der Waals surface area contributed by atoms with Crippen molar-refractivity contribution in [1.82, 2.24) is 4.98 Å². The molecule has 0 spiro atoms. The molecular weight excluding hydrogens is 541 g/mol. The summed E-state index contributed by atoms with van der Waals surface area (Å²) in [4.78, 5) is 17.3. The summed E-state index contributed by atoms with van der Waals surface area (Å²) in [6.07, 6.45) is -7.55. The van der Waals surface area contributed by atoms with Gasteiger partial charge in [-0.1, -0.05) is 29.8 Å². The van der Waals surface area contributed by atoms with Crippen LogP contribution >= 0.6 is 0 Å². The molecule has 1 aliphatic rings. The summed E-state index contributed by atoms with van der Waals surface area (Å²) in [5.74, 6) is 0.0378. The topological polar surface area (TPSA) is 124 Å². The number of rotatable bonds is 10. The molecule has 3 aromatic rings. The number of aliphatic hydroxyl groups excluding tert-OH is 1. The van der Waals surface area contributed by atoms with Crippen LogP contribution < -0.4 is 19.9 Å². The number of ether oxygens (including phenoxy) is 3. The largest absolute Gasteiger partial charge is 0.493 e. The fourth-order valence-corrected chi connectivity index (χ4v) is 4.55. The Morgan fingerprint density at radius 1 is 1.17 bits per heavy atom. The fraction of sp³-hybridized carbons (Fsp3) is 0.400. The summed E-state index contributed by atoms with van der Waals surface area (Å²) in [5.41, 5.74) is 3.01. The molecule has 0 radical (unpaired) electrons. The molecule has 3 atom stereocenters. The molecule has 2 aromatic carbocycles. The average molecular weight is 575 g/mol. The van der Waals surface area contributed by atoms with Crippen molar-refractivity contribution in [2.75, 3.05) is 20.3 Å². The van der Waals surface area contributed by atoms with Crippen molar-refractivity contribution >= 4 is 5.78 Å². The number of carbonyl (C=O) groups excluding carboxylic acids is 1. The zero-order chi connectivity index (χ0) is 30.2. The Morgan fingerprint density at radius 3 is 2.46 bits per heavy atom. The molecule has 2 heterocycles. The number of nitrogens with two attached hydrogens (primary N) is 1. The maximum atomic E-state index is 14.6. The van der Waals surface area contributed by atoms with Gasteiger partial charge in [-0.2, -0.15) is 13.2 Å². The van der Waals surface area contributed by atoms with Gasteiger partial charge in [0.25, 0.3) is 0 Å². The first-order valence-corrected chi connectivity index (χ1v) is 13.0. The van der Waals surface area contributed by atoms with E-state index in [-0.39, 0.29) is 47.3 Å². The van der Waals surface area contributed by atoms with E-state index in [1.165, 1.54) is 32.2 Å². The number of Topliss-reactive ketones (excluding diaryl/α,β-unsaturated/α-hetero) is 1. The lowest BCUT2D eigenvalue weighted by molar-refractivity contribution is -0.270. The van der Waals surface area contributed by atoms with Gasteiger partial charge in [-0.3, -0.25) is 4.79 Å². The molecule has 0 fully saturated rings. The van der Waals surface area contributed by atoms with Crippen molar-refractivity contribution in [2.45, 2.75) is 57.0 Å². The second-order valence-electron chi connectivity index (χ2n) is 10.6. The molecule has 0 amide bonds. The number of carbonyl (C=O) groups is 1. The van der Waals surface area contributed by atoms with E-state index in [1.54, 1.807) is 31.2 Å². The number of aryl methyl sites for hydroxylation is 1. The molecule has 1 aromatic heterocycles. The second kappa shape index (κ2) is 11.3. The van der Waals surface area contributed by atoms with Crippen molar-refractivity contribution in [3.63, 3.8) is 0 Å². The maximum absolute atomic E-state index is 14.6. The van der Waals surface area contributed by atoms with Crippen molar-refractivity contribution < 1.29 is 42.4 Å². The first kappa shape index (κ1) is 30.3. The van der Waals surface area contributed by atoms with E-state index in [4.69, 9.17) is 19.9 Å². The zero-order valence-electron chi connectivity index (χ0n) is 23.2. The Labute approximate surface area is 235 Å². The van der Waals surface area contributed by atoms with Crippen LogP contribution in [0.1, 0.15) is 53.9 Å². The highest BCUT2D eigenvalue weighted by Gasteiger charge is 2.56. The minimum absolute atomic E-state index is 0.0203. The zero-order valence-corrected chi connectivity index (χ0v) is 23.2. The number of fused-ring (bicyclic) bond motifs is 1. The van der Waals surface area contributed by atoms with Gasteiger partial charge >= 0.3 is 6.18 Å². The Hall–Kier alpha value is -3.67. The summed E-state index contributed by atoms with van der Waals surface area (Å²) in [5, 5.41) is 20.7. The number of halogens is 3. The second-order valence-corrected chi connectivity index (χ2v) is 10.6. The van der Waals surface area contributed by atoms with E-state index in [0.717, 1.165) is 11.6 Å². The molecule has 4 N–H and O–H groups in total. The Balaban J connectivity index is 1.70. The van der Waals surface area contributed by atoms with E-state index in [0.29, 0.717) is 5.56 Å². The number of aliphatic hydroxyl groups is 2. The number of methoxy groups -OCH3 is 1. The van der Waals surface area contributed by atoms with Crippen LogP contribution in [0.15, 0.2) is 48.5 Å². The Bertz CT molecular complexity index is 1420. The van der Waals surface area contributed by atoms with Gasteiger partial charge in [0.15, 0.2) is 23.0 Å². The summed E-state index contributed by atoms with van der Waals surface area (Å²) in [6, 6.07) is 12.3. The summed E-state index contributed by atoms with van der Waals surface area (Å²) in [7, 11) is 1.35. The molecule has 0 saturated heterocycles. The van der Waals surface area contributed by atoms with Crippen LogP contribution in [0.4, 0.5) is 13.2 Å². The number of alkyl halides is 3. The van der Waals surface area contributed by atoms with E-state index in [2.05, 4.69) is 4.98 Å². The first-order valence-electron chi connectivity index (χ1n) is 13.0. The molecule has 0 aliphatic carbocycles. The SMILES string of the molecule is COc1cc(C(=O)CC[C@@](O)(c2cc3c(c(-c4ccc(C)cc4)n2)OC[C@@]3(C)N)C(F)(F)F)ccc1OC[C@H](C)O. The van der Waals surface area contributed by atoms with Gasteiger partial charge < -0.3 is 30.2 Å². The highest BCUT2D eigenvalue weighted by Crippen LogP contribution is 2.48. The van der Waals surface area contributed by atoms with Crippen LogP contribution in [0.5, 0.6) is 17.2 Å². The molecule has 0 bridgehead atoms.